The highest BCUT2D eigenvalue weighted by atomic mass is 32.1. The predicted octanol–water partition coefficient (Wildman–Crippen LogP) is 2.60. The largest absolute Gasteiger partial charge is 0.469 e. The molecule has 0 spiro atoms. The van der Waals surface area contributed by atoms with Gasteiger partial charge in [-0.1, -0.05) is 6.07 Å². The first kappa shape index (κ1) is 16.3. The number of amides is 2. The minimum atomic E-state index is -0.131. The summed E-state index contributed by atoms with van der Waals surface area (Å²) in [5.74, 6) is 0.733. The molecule has 2 aromatic heterocycles. The Morgan fingerprint density at radius 1 is 1.32 bits per heavy atom. The van der Waals surface area contributed by atoms with Gasteiger partial charge in [0, 0.05) is 25.4 Å². The Morgan fingerprint density at radius 3 is 2.86 bits per heavy atom. The van der Waals surface area contributed by atoms with Gasteiger partial charge in [-0.25, -0.2) is 0 Å². The molecule has 0 saturated heterocycles. The van der Waals surface area contributed by atoms with Gasteiger partial charge in [0.25, 0.3) is 5.91 Å². The van der Waals surface area contributed by atoms with Crippen LogP contribution < -0.4 is 10.6 Å². The highest BCUT2D eigenvalue weighted by molar-refractivity contribution is 7.12. The molecular weight excluding hydrogens is 300 g/mol. The van der Waals surface area contributed by atoms with Crippen LogP contribution in [0.4, 0.5) is 0 Å². The lowest BCUT2D eigenvalue weighted by molar-refractivity contribution is -0.121. The topological polar surface area (TPSA) is 71.3 Å². The van der Waals surface area contributed by atoms with Crippen LogP contribution in [0.3, 0.4) is 0 Å². The molecule has 0 bridgehead atoms. The maximum Gasteiger partial charge on any atom is 0.261 e. The van der Waals surface area contributed by atoms with E-state index in [-0.39, 0.29) is 24.3 Å². The van der Waals surface area contributed by atoms with Gasteiger partial charge in [-0.15, -0.1) is 11.3 Å². The van der Waals surface area contributed by atoms with Gasteiger partial charge in [0.1, 0.15) is 5.76 Å². The summed E-state index contributed by atoms with van der Waals surface area (Å²) >= 11 is 1.38. The van der Waals surface area contributed by atoms with Gasteiger partial charge >= 0.3 is 0 Å². The first-order valence-corrected chi connectivity index (χ1v) is 8.16. The molecule has 0 saturated carbocycles. The maximum atomic E-state index is 11.8. The second-order valence-electron chi connectivity index (χ2n) is 5.07. The quantitative estimate of drug-likeness (QED) is 0.785. The number of hydrogen-bond acceptors (Lipinski definition) is 4. The van der Waals surface area contributed by atoms with Crippen LogP contribution in [-0.4, -0.2) is 24.4 Å². The Labute approximate surface area is 133 Å². The lowest BCUT2D eigenvalue weighted by Crippen LogP contribution is -2.35. The first-order valence-electron chi connectivity index (χ1n) is 7.28. The lowest BCUT2D eigenvalue weighted by Gasteiger charge is -2.13. The van der Waals surface area contributed by atoms with Crippen molar-refractivity contribution in [2.45, 2.75) is 32.2 Å². The molecule has 0 aliphatic rings. The summed E-state index contributed by atoms with van der Waals surface area (Å²) in [7, 11) is 0. The van der Waals surface area contributed by atoms with Crippen LogP contribution in [0.5, 0.6) is 0 Å². The Hall–Kier alpha value is -2.08. The fourth-order valence-corrected chi connectivity index (χ4v) is 2.66. The zero-order valence-electron chi connectivity index (χ0n) is 12.5. The molecule has 2 rings (SSSR count). The first-order chi connectivity index (χ1) is 10.6. The summed E-state index contributed by atoms with van der Waals surface area (Å²) < 4.78 is 5.26. The van der Waals surface area contributed by atoms with Crippen molar-refractivity contribution in [3.63, 3.8) is 0 Å². The molecule has 6 heteroatoms. The van der Waals surface area contributed by atoms with E-state index in [1.165, 1.54) is 11.3 Å². The van der Waals surface area contributed by atoms with Crippen LogP contribution in [0.15, 0.2) is 40.3 Å². The summed E-state index contributed by atoms with van der Waals surface area (Å²) in [5, 5.41) is 7.51. The van der Waals surface area contributed by atoms with Crippen LogP contribution in [0.2, 0.25) is 0 Å². The number of carbonyl (C=O) groups is 2. The molecule has 0 radical (unpaired) electrons. The van der Waals surface area contributed by atoms with Crippen molar-refractivity contribution in [2.24, 2.45) is 0 Å². The Balaban J connectivity index is 1.60. The van der Waals surface area contributed by atoms with E-state index < -0.39 is 0 Å². The van der Waals surface area contributed by atoms with Gasteiger partial charge in [0.2, 0.25) is 5.91 Å². The number of carbonyl (C=O) groups excluding carboxylic acids is 2. The van der Waals surface area contributed by atoms with Crippen LogP contribution in [-0.2, 0) is 11.2 Å². The number of rotatable bonds is 8. The van der Waals surface area contributed by atoms with Crippen molar-refractivity contribution in [2.75, 3.05) is 6.54 Å². The average molecular weight is 320 g/mol. The minimum Gasteiger partial charge on any atom is -0.469 e. The second kappa shape index (κ2) is 8.38. The molecule has 118 valence electrons. The molecule has 2 amide bonds. The van der Waals surface area contributed by atoms with Crippen molar-refractivity contribution < 1.29 is 14.0 Å². The maximum absolute atomic E-state index is 11.8. The van der Waals surface area contributed by atoms with Gasteiger partial charge in [0.15, 0.2) is 0 Å². The third-order valence-electron chi connectivity index (χ3n) is 3.19. The third kappa shape index (κ3) is 5.37. The van der Waals surface area contributed by atoms with Gasteiger partial charge in [0.05, 0.1) is 11.1 Å². The predicted molar refractivity (Wildman–Crippen MR) is 85.9 cm³/mol. The molecule has 5 nitrogen and oxygen atoms in total. The molecule has 0 aromatic carbocycles. The van der Waals surface area contributed by atoms with Crippen LogP contribution in [0.25, 0.3) is 0 Å². The van der Waals surface area contributed by atoms with E-state index in [0.717, 1.165) is 18.6 Å². The molecule has 1 unspecified atom stereocenters. The average Bonchev–Trinajstić information content (AvgIpc) is 3.18. The van der Waals surface area contributed by atoms with E-state index >= 15 is 0 Å². The van der Waals surface area contributed by atoms with E-state index in [0.29, 0.717) is 11.4 Å². The van der Waals surface area contributed by atoms with Crippen molar-refractivity contribution in [1.29, 1.82) is 0 Å². The van der Waals surface area contributed by atoms with E-state index in [2.05, 4.69) is 10.6 Å². The highest BCUT2D eigenvalue weighted by Gasteiger charge is 2.10. The zero-order valence-corrected chi connectivity index (χ0v) is 13.3. The summed E-state index contributed by atoms with van der Waals surface area (Å²) in [6, 6.07) is 7.44. The van der Waals surface area contributed by atoms with E-state index in [4.69, 9.17) is 4.42 Å². The van der Waals surface area contributed by atoms with Crippen molar-refractivity contribution >= 4 is 23.2 Å². The molecule has 0 aliphatic heterocycles. The summed E-state index contributed by atoms with van der Waals surface area (Å²) in [6.07, 6.45) is 3.54. The number of hydrogen-bond donors (Lipinski definition) is 2. The highest BCUT2D eigenvalue weighted by Crippen LogP contribution is 2.08. The summed E-state index contributed by atoms with van der Waals surface area (Å²) in [5.41, 5.74) is 0. The van der Waals surface area contributed by atoms with Crippen LogP contribution >= 0.6 is 11.3 Å². The normalized spacial score (nSPS) is 11.9. The van der Waals surface area contributed by atoms with Crippen molar-refractivity contribution in [1.82, 2.24) is 10.6 Å². The van der Waals surface area contributed by atoms with Crippen LogP contribution in [0.1, 0.15) is 35.2 Å². The van der Waals surface area contributed by atoms with E-state index in [9.17, 15) is 9.59 Å². The summed E-state index contributed by atoms with van der Waals surface area (Å²) in [4.78, 5) is 24.2. The SMILES string of the molecule is CC(CCc1ccco1)NC(=O)CCNC(=O)c1cccs1. The number of nitrogens with one attached hydrogen (secondary N) is 2. The molecule has 2 heterocycles. The molecular formula is C16H20N2O3S. The van der Waals surface area contributed by atoms with Gasteiger partial charge < -0.3 is 15.1 Å². The Bertz CT molecular complexity index is 579. The molecule has 2 N–H and O–H groups in total. The van der Waals surface area contributed by atoms with E-state index in [1.54, 1.807) is 12.3 Å². The fraction of sp³-hybridized carbons (Fsp3) is 0.375. The molecule has 22 heavy (non-hydrogen) atoms. The standard InChI is InChI=1S/C16H20N2O3S/c1-12(6-7-13-4-2-10-21-13)18-15(19)8-9-17-16(20)14-5-3-11-22-14/h2-5,10-12H,6-9H2,1H3,(H,17,20)(H,18,19). The van der Waals surface area contributed by atoms with Gasteiger partial charge in [-0.2, -0.15) is 0 Å². The number of furan rings is 1. The third-order valence-corrected chi connectivity index (χ3v) is 4.06. The number of aryl methyl sites for hydroxylation is 1. The van der Waals surface area contributed by atoms with Crippen molar-refractivity contribution in [3.05, 3.63) is 46.5 Å². The van der Waals surface area contributed by atoms with Gasteiger partial charge in [-0.05, 0) is 36.9 Å². The van der Waals surface area contributed by atoms with E-state index in [1.807, 2.05) is 30.5 Å². The van der Waals surface area contributed by atoms with Crippen molar-refractivity contribution in [3.8, 4) is 0 Å². The smallest absolute Gasteiger partial charge is 0.261 e. The summed E-state index contributed by atoms with van der Waals surface area (Å²) in [6.45, 7) is 2.30. The fourth-order valence-electron chi connectivity index (χ4n) is 2.02. The molecule has 2 aromatic rings. The number of thiophene rings is 1. The molecule has 1 atom stereocenters. The zero-order chi connectivity index (χ0) is 15.8. The second-order valence-corrected chi connectivity index (χ2v) is 6.02. The molecule has 0 aliphatic carbocycles. The Morgan fingerprint density at radius 2 is 2.18 bits per heavy atom. The van der Waals surface area contributed by atoms with Gasteiger partial charge in [-0.3, -0.25) is 9.59 Å². The Kier molecular flexibility index (Phi) is 6.21. The monoisotopic (exact) mass is 320 g/mol. The minimum absolute atomic E-state index is 0.0570. The molecule has 0 fully saturated rings. The van der Waals surface area contributed by atoms with Crippen LogP contribution in [0, 0.1) is 0 Å². The lowest BCUT2D eigenvalue weighted by atomic mass is 10.1.